The molecule has 94 valence electrons. The van der Waals surface area contributed by atoms with Crippen molar-refractivity contribution in [1.82, 2.24) is 4.98 Å². The fraction of sp³-hybridized carbons (Fsp3) is 0.308. The Morgan fingerprint density at radius 3 is 2.89 bits per heavy atom. The average molecular weight is 266 g/mol. The van der Waals surface area contributed by atoms with Gasteiger partial charge < -0.3 is 4.74 Å². The van der Waals surface area contributed by atoms with Crippen LogP contribution in [0.1, 0.15) is 24.8 Å². The Morgan fingerprint density at radius 2 is 2.28 bits per heavy atom. The molecule has 0 aliphatic heterocycles. The Hall–Kier alpha value is -1.68. The fourth-order valence-corrected chi connectivity index (χ4v) is 2.05. The summed E-state index contributed by atoms with van der Waals surface area (Å²) in [6.45, 7) is 1.35. The largest absolute Gasteiger partial charge is 0.458 e. The molecule has 1 aliphatic carbocycles. The van der Waals surface area contributed by atoms with Gasteiger partial charge in [0.1, 0.15) is 11.3 Å². The van der Waals surface area contributed by atoms with Crippen molar-refractivity contribution >= 4 is 23.4 Å². The second-order valence-corrected chi connectivity index (χ2v) is 4.50. The minimum atomic E-state index is -0.360. The van der Waals surface area contributed by atoms with Crippen molar-refractivity contribution < 1.29 is 14.3 Å². The second-order valence-electron chi connectivity index (χ2n) is 4.11. The standard InChI is InChI=1S/C13H12ClNO3/c1-8(16)18-10-3-4-12(17)11(6-10)9-2-5-13(14)15-7-9/h2-5,7,10-11H,6H2,1H3/t10-,11-/m0/s1. The van der Waals surface area contributed by atoms with E-state index >= 15 is 0 Å². The van der Waals surface area contributed by atoms with Crippen molar-refractivity contribution in [3.8, 4) is 0 Å². The molecule has 0 unspecified atom stereocenters. The summed E-state index contributed by atoms with van der Waals surface area (Å²) in [5.41, 5.74) is 0.783. The van der Waals surface area contributed by atoms with Crippen LogP contribution in [0.4, 0.5) is 0 Å². The molecule has 1 aromatic rings. The van der Waals surface area contributed by atoms with Crippen molar-refractivity contribution in [2.24, 2.45) is 0 Å². The van der Waals surface area contributed by atoms with Gasteiger partial charge in [-0.1, -0.05) is 17.7 Å². The van der Waals surface area contributed by atoms with Gasteiger partial charge in [-0.05, 0) is 23.8 Å². The van der Waals surface area contributed by atoms with Gasteiger partial charge in [-0.2, -0.15) is 0 Å². The summed E-state index contributed by atoms with van der Waals surface area (Å²) in [5, 5.41) is 0.383. The first-order chi connectivity index (χ1) is 8.56. The first kappa shape index (κ1) is 12.8. The zero-order valence-electron chi connectivity index (χ0n) is 9.80. The summed E-state index contributed by atoms with van der Waals surface area (Å²) in [4.78, 5) is 26.7. The highest BCUT2D eigenvalue weighted by Crippen LogP contribution is 2.28. The first-order valence-corrected chi connectivity index (χ1v) is 5.95. The highest BCUT2D eigenvalue weighted by Gasteiger charge is 2.27. The Labute approximate surface area is 110 Å². The minimum Gasteiger partial charge on any atom is -0.458 e. The maximum Gasteiger partial charge on any atom is 0.303 e. The lowest BCUT2D eigenvalue weighted by molar-refractivity contribution is -0.145. The summed E-state index contributed by atoms with van der Waals surface area (Å²) in [7, 11) is 0. The smallest absolute Gasteiger partial charge is 0.303 e. The SMILES string of the molecule is CC(=O)O[C@H]1C=CC(=O)[C@H](c2ccc(Cl)nc2)C1. The molecular formula is C13H12ClNO3. The normalized spacial score (nSPS) is 22.9. The number of rotatable bonds is 2. The molecule has 4 nitrogen and oxygen atoms in total. The minimum absolute atomic E-state index is 0.0116. The summed E-state index contributed by atoms with van der Waals surface area (Å²) in [6.07, 6.45) is 4.73. The van der Waals surface area contributed by atoms with Crippen LogP contribution in [0, 0.1) is 0 Å². The van der Waals surface area contributed by atoms with E-state index < -0.39 is 0 Å². The van der Waals surface area contributed by atoms with Gasteiger partial charge >= 0.3 is 5.97 Å². The third-order valence-electron chi connectivity index (χ3n) is 2.76. The number of hydrogen-bond acceptors (Lipinski definition) is 4. The van der Waals surface area contributed by atoms with Crippen LogP contribution in [0.5, 0.6) is 0 Å². The number of carbonyl (C=O) groups is 2. The van der Waals surface area contributed by atoms with E-state index in [1.165, 1.54) is 13.0 Å². The molecule has 0 fully saturated rings. The van der Waals surface area contributed by atoms with Crippen LogP contribution < -0.4 is 0 Å². The predicted molar refractivity (Wildman–Crippen MR) is 66.3 cm³/mol. The van der Waals surface area contributed by atoms with E-state index in [4.69, 9.17) is 16.3 Å². The number of halogens is 1. The number of hydrogen-bond donors (Lipinski definition) is 0. The molecule has 0 saturated carbocycles. The molecular weight excluding hydrogens is 254 g/mol. The summed E-state index contributed by atoms with van der Waals surface area (Å²) in [6, 6.07) is 3.41. The lowest BCUT2D eigenvalue weighted by atomic mass is 9.86. The maximum atomic E-state index is 11.8. The third-order valence-corrected chi connectivity index (χ3v) is 2.98. The number of pyridine rings is 1. The van der Waals surface area contributed by atoms with Crippen LogP contribution in [0.3, 0.4) is 0 Å². The van der Waals surface area contributed by atoms with E-state index in [1.807, 2.05) is 0 Å². The highest BCUT2D eigenvalue weighted by molar-refractivity contribution is 6.29. The van der Waals surface area contributed by atoms with Crippen LogP contribution in [-0.2, 0) is 14.3 Å². The molecule has 1 heterocycles. The number of ketones is 1. The highest BCUT2D eigenvalue weighted by atomic mass is 35.5. The van der Waals surface area contributed by atoms with E-state index in [2.05, 4.69) is 4.98 Å². The van der Waals surface area contributed by atoms with Crippen molar-refractivity contribution in [2.75, 3.05) is 0 Å². The number of esters is 1. The number of aromatic nitrogens is 1. The van der Waals surface area contributed by atoms with Crippen LogP contribution in [0.15, 0.2) is 30.5 Å². The monoisotopic (exact) mass is 265 g/mol. The molecule has 0 aromatic carbocycles. The van der Waals surface area contributed by atoms with Gasteiger partial charge in [0.2, 0.25) is 0 Å². The van der Waals surface area contributed by atoms with Crippen LogP contribution >= 0.6 is 11.6 Å². The third kappa shape index (κ3) is 2.96. The molecule has 1 aromatic heterocycles. The van der Waals surface area contributed by atoms with Crippen LogP contribution in [0.2, 0.25) is 5.15 Å². The molecule has 0 spiro atoms. The molecule has 0 saturated heterocycles. The molecule has 2 atom stereocenters. The van der Waals surface area contributed by atoms with Gasteiger partial charge in [-0.3, -0.25) is 9.59 Å². The molecule has 18 heavy (non-hydrogen) atoms. The molecule has 0 amide bonds. The number of nitrogens with zero attached hydrogens (tertiary/aromatic N) is 1. The lowest BCUT2D eigenvalue weighted by Crippen LogP contribution is -2.25. The van der Waals surface area contributed by atoms with E-state index in [-0.39, 0.29) is 23.8 Å². The summed E-state index contributed by atoms with van der Waals surface area (Å²) < 4.78 is 5.09. The maximum absolute atomic E-state index is 11.8. The van der Waals surface area contributed by atoms with E-state index in [1.54, 1.807) is 24.4 Å². The van der Waals surface area contributed by atoms with Crippen molar-refractivity contribution in [3.63, 3.8) is 0 Å². The lowest BCUT2D eigenvalue weighted by Gasteiger charge is -2.23. The van der Waals surface area contributed by atoms with E-state index in [0.29, 0.717) is 11.6 Å². The fourth-order valence-electron chi connectivity index (χ4n) is 1.94. The first-order valence-electron chi connectivity index (χ1n) is 5.57. The molecule has 0 bridgehead atoms. The van der Waals surface area contributed by atoms with Crippen LogP contribution in [-0.4, -0.2) is 22.8 Å². The van der Waals surface area contributed by atoms with E-state index in [9.17, 15) is 9.59 Å². The Morgan fingerprint density at radius 1 is 1.50 bits per heavy atom. The molecule has 0 radical (unpaired) electrons. The van der Waals surface area contributed by atoms with Gasteiger partial charge in [0.15, 0.2) is 5.78 Å². The zero-order valence-corrected chi connectivity index (χ0v) is 10.6. The van der Waals surface area contributed by atoms with Crippen LogP contribution in [0.25, 0.3) is 0 Å². The number of allylic oxidation sites excluding steroid dienone is 1. The Balaban J connectivity index is 2.17. The molecule has 1 aliphatic rings. The topological polar surface area (TPSA) is 56.3 Å². The van der Waals surface area contributed by atoms with Gasteiger partial charge in [0, 0.05) is 19.5 Å². The molecule has 5 heteroatoms. The Kier molecular flexibility index (Phi) is 3.77. The van der Waals surface area contributed by atoms with Gasteiger partial charge in [0.25, 0.3) is 0 Å². The predicted octanol–water partition coefficient (Wildman–Crippen LogP) is 2.28. The average Bonchev–Trinajstić information content (AvgIpc) is 2.32. The zero-order chi connectivity index (χ0) is 13.1. The van der Waals surface area contributed by atoms with Gasteiger partial charge in [-0.25, -0.2) is 4.98 Å². The second kappa shape index (κ2) is 5.31. The van der Waals surface area contributed by atoms with E-state index in [0.717, 1.165) is 5.56 Å². The van der Waals surface area contributed by atoms with Gasteiger partial charge in [-0.15, -0.1) is 0 Å². The quantitative estimate of drug-likeness (QED) is 0.608. The van der Waals surface area contributed by atoms with Crippen molar-refractivity contribution in [3.05, 3.63) is 41.2 Å². The summed E-state index contributed by atoms with van der Waals surface area (Å²) >= 11 is 5.71. The molecule has 2 rings (SSSR count). The molecule has 0 N–H and O–H groups in total. The Bertz CT molecular complexity index is 495. The summed E-state index contributed by atoms with van der Waals surface area (Å²) in [5.74, 6) is -0.696. The van der Waals surface area contributed by atoms with Gasteiger partial charge in [0.05, 0.1) is 5.92 Å². The number of carbonyl (C=O) groups excluding carboxylic acids is 2. The van der Waals surface area contributed by atoms with Crippen molar-refractivity contribution in [1.29, 1.82) is 0 Å². The number of ether oxygens (including phenoxy) is 1. The van der Waals surface area contributed by atoms with Crippen molar-refractivity contribution in [2.45, 2.75) is 25.4 Å².